The zero-order chi connectivity index (χ0) is 11.5. The molecule has 0 aliphatic rings. The van der Waals surface area contributed by atoms with E-state index in [0.29, 0.717) is 23.8 Å². The number of aromatic nitrogens is 5. The Balaban J connectivity index is 2.23. The van der Waals surface area contributed by atoms with E-state index >= 15 is 0 Å². The number of H-pyrrole nitrogens is 1. The van der Waals surface area contributed by atoms with Crippen LogP contribution in [-0.4, -0.2) is 31.3 Å². The second-order valence-electron chi connectivity index (χ2n) is 3.35. The number of Topliss-reactive ketones (excluding diaryl/α,β-unsaturated/α-hetero) is 1. The summed E-state index contributed by atoms with van der Waals surface area (Å²) >= 11 is 0. The van der Waals surface area contributed by atoms with Gasteiger partial charge in [-0.1, -0.05) is 12.1 Å². The van der Waals surface area contributed by atoms with E-state index < -0.39 is 0 Å². The van der Waals surface area contributed by atoms with Crippen LogP contribution in [0.3, 0.4) is 0 Å². The van der Waals surface area contributed by atoms with Crippen LogP contribution in [0.4, 0.5) is 0 Å². The molecule has 0 aliphatic heterocycles. The quantitative estimate of drug-likeness (QED) is 0.824. The molecule has 7 nitrogen and oxygen atoms in total. The Labute approximate surface area is 91.2 Å². The molecular weight excluding hydrogens is 210 g/mol. The second kappa shape index (κ2) is 4.21. The van der Waals surface area contributed by atoms with Crippen molar-refractivity contribution >= 4 is 5.78 Å². The summed E-state index contributed by atoms with van der Waals surface area (Å²) in [5.41, 5.74) is 0.492. The maximum Gasteiger partial charge on any atom is 0.237 e. The molecule has 0 amide bonds. The molecule has 0 fully saturated rings. The lowest BCUT2D eigenvalue weighted by molar-refractivity contribution is -0.120. The normalized spacial score (nSPS) is 12.6. The Morgan fingerprint density at radius 2 is 2.44 bits per heavy atom. The first-order chi connectivity index (χ1) is 7.72. The maximum absolute atomic E-state index is 11.4. The maximum atomic E-state index is 11.4. The number of hydrogen-bond acceptors (Lipinski definition) is 6. The number of carbonyl (C=O) groups is 1. The summed E-state index contributed by atoms with van der Waals surface area (Å²) < 4.78 is 5.01. The van der Waals surface area contributed by atoms with Crippen molar-refractivity contribution in [1.82, 2.24) is 25.6 Å². The van der Waals surface area contributed by atoms with Crippen molar-refractivity contribution < 1.29 is 9.32 Å². The van der Waals surface area contributed by atoms with Gasteiger partial charge in [0.15, 0.2) is 5.69 Å². The summed E-state index contributed by atoms with van der Waals surface area (Å²) in [4.78, 5) is 15.5. The number of aromatic amines is 1. The van der Waals surface area contributed by atoms with Crippen LogP contribution in [0.2, 0.25) is 0 Å². The summed E-state index contributed by atoms with van der Waals surface area (Å²) in [5.74, 6) is 0.331. The monoisotopic (exact) mass is 221 g/mol. The third-order valence-corrected chi connectivity index (χ3v) is 2.29. The van der Waals surface area contributed by atoms with E-state index in [2.05, 4.69) is 25.6 Å². The Morgan fingerprint density at radius 3 is 3.06 bits per heavy atom. The minimum atomic E-state index is -0.377. The molecule has 1 atom stereocenters. The second-order valence-corrected chi connectivity index (χ2v) is 3.35. The molecule has 2 rings (SSSR count). The summed E-state index contributed by atoms with van der Waals surface area (Å²) in [6, 6.07) is 0. The van der Waals surface area contributed by atoms with Crippen LogP contribution in [0, 0.1) is 0 Å². The molecule has 0 radical (unpaired) electrons. The van der Waals surface area contributed by atoms with Crippen molar-refractivity contribution in [1.29, 1.82) is 0 Å². The molecule has 2 aromatic rings. The molecule has 1 N–H and O–H groups in total. The molecule has 84 valence electrons. The lowest BCUT2D eigenvalue weighted by Gasteiger charge is -2.00. The van der Waals surface area contributed by atoms with E-state index in [0.717, 1.165) is 0 Å². The van der Waals surface area contributed by atoms with Gasteiger partial charge in [0.25, 0.3) is 0 Å². The fraction of sp³-hybridized carbons (Fsp3) is 0.444. The lowest BCUT2D eigenvalue weighted by Crippen LogP contribution is -2.07. The van der Waals surface area contributed by atoms with E-state index in [4.69, 9.17) is 4.52 Å². The van der Waals surface area contributed by atoms with Gasteiger partial charge in [-0.3, -0.25) is 4.79 Å². The number of carbonyl (C=O) groups excluding carboxylic acids is 1. The van der Waals surface area contributed by atoms with Gasteiger partial charge in [-0.05, 0) is 6.92 Å². The number of nitrogens with one attached hydrogen (secondary N) is 1. The third kappa shape index (κ3) is 1.83. The van der Waals surface area contributed by atoms with Crippen molar-refractivity contribution in [2.24, 2.45) is 0 Å². The van der Waals surface area contributed by atoms with E-state index in [9.17, 15) is 4.79 Å². The minimum absolute atomic E-state index is 0.0651. The summed E-state index contributed by atoms with van der Waals surface area (Å²) in [6.07, 6.45) is 1.93. The Bertz CT molecular complexity index is 476. The largest absolute Gasteiger partial charge is 0.338 e. The average molecular weight is 221 g/mol. The predicted molar refractivity (Wildman–Crippen MR) is 53.4 cm³/mol. The minimum Gasteiger partial charge on any atom is -0.338 e. The van der Waals surface area contributed by atoms with Crippen LogP contribution in [0.5, 0.6) is 0 Å². The molecule has 2 aromatic heterocycles. The van der Waals surface area contributed by atoms with Gasteiger partial charge in [-0.15, -0.1) is 0 Å². The highest BCUT2D eigenvalue weighted by atomic mass is 16.5. The summed E-state index contributed by atoms with van der Waals surface area (Å²) in [6.45, 7) is 3.54. The fourth-order valence-corrected chi connectivity index (χ4v) is 1.27. The Kier molecular flexibility index (Phi) is 2.76. The molecule has 0 bridgehead atoms. The van der Waals surface area contributed by atoms with Crippen molar-refractivity contribution in [3.63, 3.8) is 0 Å². The zero-order valence-electron chi connectivity index (χ0n) is 8.97. The van der Waals surface area contributed by atoms with Gasteiger partial charge >= 0.3 is 0 Å². The van der Waals surface area contributed by atoms with Crippen LogP contribution < -0.4 is 0 Å². The van der Waals surface area contributed by atoms with Crippen molar-refractivity contribution in [3.05, 3.63) is 12.1 Å². The molecule has 0 aliphatic carbocycles. The molecular formula is C9H11N5O2. The highest BCUT2D eigenvalue weighted by Crippen LogP contribution is 2.18. The molecule has 0 saturated heterocycles. The van der Waals surface area contributed by atoms with E-state index in [1.807, 2.05) is 0 Å². The fourth-order valence-electron chi connectivity index (χ4n) is 1.27. The molecule has 7 heteroatoms. The molecule has 1 unspecified atom stereocenters. The van der Waals surface area contributed by atoms with Gasteiger partial charge < -0.3 is 4.52 Å². The molecule has 0 aromatic carbocycles. The smallest absolute Gasteiger partial charge is 0.237 e. The van der Waals surface area contributed by atoms with Gasteiger partial charge in [0.05, 0.1) is 12.1 Å². The highest BCUT2D eigenvalue weighted by Gasteiger charge is 2.21. The first-order valence-corrected chi connectivity index (χ1v) is 4.94. The molecule has 0 spiro atoms. The topological polar surface area (TPSA) is 97.6 Å². The summed E-state index contributed by atoms with van der Waals surface area (Å²) in [7, 11) is 0. The third-order valence-electron chi connectivity index (χ3n) is 2.29. The van der Waals surface area contributed by atoms with Gasteiger partial charge in [0.2, 0.25) is 11.7 Å². The standard InChI is InChI=1S/C9H11N5O2/c1-3-7(15)5(2)9-11-8(13-16-9)6-4-10-14-12-6/h4-5H,3H2,1-2H3,(H,10,12,14). The predicted octanol–water partition coefficient (Wildman–Crippen LogP) is 0.937. The van der Waals surface area contributed by atoms with E-state index in [1.165, 1.54) is 6.20 Å². The molecule has 0 saturated carbocycles. The Hall–Kier alpha value is -2.05. The van der Waals surface area contributed by atoms with E-state index in [-0.39, 0.29) is 11.7 Å². The van der Waals surface area contributed by atoms with Crippen molar-refractivity contribution in [2.75, 3.05) is 0 Å². The van der Waals surface area contributed by atoms with Crippen LogP contribution in [0.15, 0.2) is 10.7 Å². The van der Waals surface area contributed by atoms with E-state index in [1.54, 1.807) is 13.8 Å². The van der Waals surface area contributed by atoms with Crippen molar-refractivity contribution in [2.45, 2.75) is 26.2 Å². The SMILES string of the molecule is CCC(=O)C(C)c1nc(-c2cn[nH]n2)no1. The Morgan fingerprint density at radius 1 is 1.62 bits per heavy atom. The molecule has 16 heavy (non-hydrogen) atoms. The molecule has 2 heterocycles. The number of ketones is 1. The van der Waals surface area contributed by atoms with Crippen LogP contribution in [-0.2, 0) is 4.79 Å². The van der Waals surface area contributed by atoms with Crippen LogP contribution in [0.25, 0.3) is 11.5 Å². The van der Waals surface area contributed by atoms with Gasteiger partial charge in [-0.2, -0.15) is 20.4 Å². The lowest BCUT2D eigenvalue weighted by atomic mass is 10.1. The first kappa shape index (κ1) is 10.5. The number of nitrogens with zero attached hydrogens (tertiary/aromatic N) is 4. The number of hydrogen-bond donors (Lipinski definition) is 1. The van der Waals surface area contributed by atoms with Crippen molar-refractivity contribution in [3.8, 4) is 11.5 Å². The van der Waals surface area contributed by atoms with Gasteiger partial charge in [0.1, 0.15) is 5.78 Å². The average Bonchev–Trinajstić information content (AvgIpc) is 2.96. The zero-order valence-corrected chi connectivity index (χ0v) is 8.97. The van der Waals surface area contributed by atoms with Crippen LogP contribution >= 0.6 is 0 Å². The number of rotatable bonds is 4. The van der Waals surface area contributed by atoms with Gasteiger partial charge in [-0.25, -0.2) is 0 Å². The highest BCUT2D eigenvalue weighted by molar-refractivity contribution is 5.84. The summed E-state index contributed by atoms with van der Waals surface area (Å²) in [5, 5.41) is 13.6. The van der Waals surface area contributed by atoms with Gasteiger partial charge in [0, 0.05) is 6.42 Å². The first-order valence-electron chi connectivity index (χ1n) is 4.94. The van der Waals surface area contributed by atoms with Crippen LogP contribution in [0.1, 0.15) is 32.1 Å².